The summed E-state index contributed by atoms with van der Waals surface area (Å²) in [6.45, 7) is 0.727. The number of ether oxygens (including phenoxy) is 1. The first-order valence-corrected chi connectivity index (χ1v) is 9.24. The van der Waals surface area contributed by atoms with Gasteiger partial charge in [0.1, 0.15) is 10.6 Å². The molecule has 1 heterocycles. The van der Waals surface area contributed by atoms with Crippen LogP contribution in [0.15, 0.2) is 71.9 Å². The Morgan fingerprint density at radius 2 is 1.76 bits per heavy atom. The van der Waals surface area contributed by atoms with Crippen molar-refractivity contribution >= 4 is 10.0 Å². The number of sulfonamides is 1. The molecule has 0 spiro atoms. The molecule has 0 atom stereocenters. The fraction of sp³-hybridized carbons (Fsp3) is 0.167. The Labute approximate surface area is 147 Å². The van der Waals surface area contributed by atoms with Gasteiger partial charge in [0.2, 0.25) is 10.0 Å². The monoisotopic (exact) mass is 357 g/mol. The molecule has 0 unspecified atom stereocenters. The molecule has 7 heteroatoms. The highest BCUT2D eigenvalue weighted by Crippen LogP contribution is 2.13. The van der Waals surface area contributed by atoms with Gasteiger partial charge in [-0.25, -0.2) is 13.1 Å². The maximum atomic E-state index is 12.4. The van der Waals surface area contributed by atoms with Crippen LogP contribution < -0.4 is 9.46 Å². The first kappa shape index (κ1) is 17.2. The fourth-order valence-electron chi connectivity index (χ4n) is 2.35. The summed E-state index contributed by atoms with van der Waals surface area (Å²) in [6.07, 6.45) is 2.89. The largest absolute Gasteiger partial charge is 0.497 e. The Morgan fingerprint density at radius 1 is 1.04 bits per heavy atom. The first-order valence-electron chi connectivity index (χ1n) is 7.76. The van der Waals surface area contributed by atoms with E-state index in [0.717, 1.165) is 16.9 Å². The van der Waals surface area contributed by atoms with Gasteiger partial charge >= 0.3 is 0 Å². The van der Waals surface area contributed by atoms with Crippen molar-refractivity contribution in [2.24, 2.45) is 0 Å². The summed E-state index contributed by atoms with van der Waals surface area (Å²) in [5.41, 5.74) is 1.90. The van der Waals surface area contributed by atoms with Crippen molar-refractivity contribution in [3.63, 3.8) is 0 Å². The van der Waals surface area contributed by atoms with E-state index in [1.807, 2.05) is 42.5 Å². The highest BCUT2D eigenvalue weighted by molar-refractivity contribution is 7.89. The molecule has 2 aromatic carbocycles. The molecular weight excluding hydrogens is 338 g/mol. The quantitative estimate of drug-likeness (QED) is 0.705. The lowest BCUT2D eigenvalue weighted by Crippen LogP contribution is -2.22. The van der Waals surface area contributed by atoms with Crippen LogP contribution in [0, 0.1) is 0 Å². The van der Waals surface area contributed by atoms with Crippen LogP contribution in [-0.4, -0.2) is 25.3 Å². The minimum Gasteiger partial charge on any atom is -0.497 e. The average Bonchev–Trinajstić information content (AvgIpc) is 3.11. The van der Waals surface area contributed by atoms with Crippen LogP contribution in [0.1, 0.15) is 11.1 Å². The van der Waals surface area contributed by atoms with Crippen LogP contribution in [0.5, 0.6) is 5.75 Å². The predicted molar refractivity (Wildman–Crippen MR) is 94.8 cm³/mol. The molecular formula is C18H19N3O3S. The maximum Gasteiger partial charge on any atom is 0.243 e. The van der Waals surface area contributed by atoms with Crippen LogP contribution in [0.2, 0.25) is 0 Å². The fourth-order valence-corrected chi connectivity index (χ4v) is 3.32. The molecule has 0 aliphatic carbocycles. The normalized spacial score (nSPS) is 11.4. The predicted octanol–water partition coefficient (Wildman–Crippen LogP) is 2.42. The SMILES string of the molecule is COc1ccc(CNS(=O)(=O)c2cnn(Cc3ccccc3)c2)cc1. The molecule has 0 saturated carbocycles. The lowest BCUT2D eigenvalue weighted by atomic mass is 10.2. The number of hydrogen-bond donors (Lipinski definition) is 1. The highest BCUT2D eigenvalue weighted by atomic mass is 32.2. The zero-order valence-electron chi connectivity index (χ0n) is 13.8. The number of aromatic nitrogens is 2. The maximum absolute atomic E-state index is 12.4. The summed E-state index contributed by atoms with van der Waals surface area (Å²) in [5.74, 6) is 0.730. The summed E-state index contributed by atoms with van der Waals surface area (Å²) >= 11 is 0. The van der Waals surface area contributed by atoms with Crippen molar-refractivity contribution in [2.45, 2.75) is 18.0 Å². The number of nitrogens with zero attached hydrogens (tertiary/aromatic N) is 2. The van der Waals surface area contributed by atoms with Gasteiger partial charge in [-0.2, -0.15) is 5.10 Å². The Bertz CT molecular complexity index is 920. The molecule has 130 valence electrons. The minimum atomic E-state index is -3.61. The van der Waals surface area contributed by atoms with E-state index in [4.69, 9.17) is 4.74 Å². The van der Waals surface area contributed by atoms with E-state index in [0.29, 0.717) is 6.54 Å². The molecule has 0 amide bonds. The van der Waals surface area contributed by atoms with Gasteiger partial charge in [0.15, 0.2) is 0 Å². The van der Waals surface area contributed by atoms with E-state index in [9.17, 15) is 8.42 Å². The Balaban J connectivity index is 1.65. The number of nitrogens with one attached hydrogen (secondary N) is 1. The Morgan fingerprint density at radius 3 is 2.44 bits per heavy atom. The van der Waals surface area contributed by atoms with Crippen LogP contribution >= 0.6 is 0 Å². The molecule has 0 saturated heterocycles. The topological polar surface area (TPSA) is 73.2 Å². The van der Waals surface area contributed by atoms with Crippen LogP contribution in [0.4, 0.5) is 0 Å². The van der Waals surface area contributed by atoms with E-state index in [-0.39, 0.29) is 11.4 Å². The number of hydrogen-bond acceptors (Lipinski definition) is 4. The van der Waals surface area contributed by atoms with Crippen molar-refractivity contribution < 1.29 is 13.2 Å². The summed E-state index contributed by atoms with van der Waals surface area (Å²) in [5, 5.41) is 4.14. The molecule has 0 fully saturated rings. The molecule has 0 aliphatic rings. The average molecular weight is 357 g/mol. The third kappa shape index (κ3) is 4.46. The Hall–Kier alpha value is -2.64. The second-order valence-electron chi connectivity index (χ2n) is 5.53. The second kappa shape index (κ2) is 7.50. The second-order valence-corrected chi connectivity index (χ2v) is 7.30. The lowest BCUT2D eigenvalue weighted by molar-refractivity contribution is 0.414. The molecule has 0 aliphatic heterocycles. The lowest BCUT2D eigenvalue weighted by Gasteiger charge is -2.06. The van der Waals surface area contributed by atoms with Gasteiger partial charge < -0.3 is 4.74 Å². The van der Waals surface area contributed by atoms with Gasteiger partial charge in [-0.15, -0.1) is 0 Å². The van der Waals surface area contributed by atoms with Gasteiger partial charge in [-0.1, -0.05) is 42.5 Å². The van der Waals surface area contributed by atoms with Crippen molar-refractivity contribution in [1.29, 1.82) is 0 Å². The van der Waals surface area contributed by atoms with Gasteiger partial charge in [0, 0.05) is 12.7 Å². The van der Waals surface area contributed by atoms with Gasteiger partial charge in [0.25, 0.3) is 0 Å². The van der Waals surface area contributed by atoms with Crippen molar-refractivity contribution in [1.82, 2.24) is 14.5 Å². The minimum absolute atomic E-state index is 0.150. The van der Waals surface area contributed by atoms with Crippen molar-refractivity contribution in [3.8, 4) is 5.75 Å². The number of rotatable bonds is 7. The highest BCUT2D eigenvalue weighted by Gasteiger charge is 2.16. The summed E-state index contributed by atoms with van der Waals surface area (Å²) in [4.78, 5) is 0.150. The molecule has 25 heavy (non-hydrogen) atoms. The smallest absolute Gasteiger partial charge is 0.243 e. The standard InChI is InChI=1S/C18H19N3O3S/c1-24-17-9-7-15(8-10-17)11-20-25(22,23)18-12-19-21(14-18)13-16-5-3-2-4-6-16/h2-10,12,14,20H,11,13H2,1H3. The number of benzene rings is 2. The molecule has 1 aromatic heterocycles. The van der Waals surface area contributed by atoms with E-state index >= 15 is 0 Å². The van der Waals surface area contributed by atoms with Gasteiger partial charge in [-0.05, 0) is 23.3 Å². The molecule has 0 bridgehead atoms. The summed E-state index contributed by atoms with van der Waals surface area (Å²) < 4.78 is 34.1. The van der Waals surface area contributed by atoms with Gasteiger partial charge in [-0.3, -0.25) is 4.68 Å². The van der Waals surface area contributed by atoms with Crippen molar-refractivity contribution in [2.75, 3.05) is 7.11 Å². The van der Waals surface area contributed by atoms with E-state index in [1.54, 1.807) is 23.9 Å². The first-order chi connectivity index (χ1) is 12.1. The van der Waals surface area contributed by atoms with Crippen LogP contribution in [-0.2, 0) is 23.1 Å². The van der Waals surface area contributed by atoms with Crippen LogP contribution in [0.3, 0.4) is 0 Å². The Kier molecular flexibility index (Phi) is 5.16. The zero-order chi connectivity index (χ0) is 17.7. The van der Waals surface area contributed by atoms with E-state index < -0.39 is 10.0 Å². The summed E-state index contributed by atoms with van der Waals surface area (Å²) in [6, 6.07) is 17.0. The molecule has 6 nitrogen and oxygen atoms in total. The zero-order valence-corrected chi connectivity index (χ0v) is 14.6. The third-order valence-corrected chi connectivity index (χ3v) is 5.09. The summed E-state index contributed by atoms with van der Waals surface area (Å²) in [7, 11) is -2.02. The van der Waals surface area contributed by atoms with Gasteiger partial charge in [0.05, 0.1) is 19.9 Å². The number of methoxy groups -OCH3 is 1. The molecule has 0 radical (unpaired) electrons. The van der Waals surface area contributed by atoms with E-state index in [2.05, 4.69) is 9.82 Å². The molecule has 3 rings (SSSR count). The van der Waals surface area contributed by atoms with E-state index in [1.165, 1.54) is 12.4 Å². The third-order valence-electron chi connectivity index (χ3n) is 3.73. The molecule has 3 aromatic rings. The van der Waals surface area contributed by atoms with Crippen LogP contribution in [0.25, 0.3) is 0 Å². The van der Waals surface area contributed by atoms with Crippen molar-refractivity contribution in [3.05, 3.63) is 78.1 Å². The molecule has 1 N–H and O–H groups in total.